The molecule has 0 aliphatic heterocycles. The Bertz CT molecular complexity index is 1240. The number of rotatable bonds is 3. The van der Waals surface area contributed by atoms with Gasteiger partial charge in [0.1, 0.15) is 34.5 Å². The van der Waals surface area contributed by atoms with Gasteiger partial charge in [0.05, 0.1) is 0 Å². The van der Waals surface area contributed by atoms with Crippen molar-refractivity contribution in [2.24, 2.45) is 0 Å². The van der Waals surface area contributed by atoms with Crippen molar-refractivity contribution >= 4 is 11.0 Å². The van der Waals surface area contributed by atoms with E-state index in [-0.39, 0.29) is 11.3 Å². The van der Waals surface area contributed by atoms with Gasteiger partial charge in [-0.05, 0) is 35.4 Å². The lowest BCUT2D eigenvalue weighted by atomic mass is 10.0. The minimum absolute atomic E-state index is 0.0958. The lowest BCUT2D eigenvalue weighted by Gasteiger charge is -2.10. The van der Waals surface area contributed by atoms with Crippen LogP contribution in [0.5, 0.6) is 11.5 Å². The molecule has 0 radical (unpaired) electrons. The Labute approximate surface area is 153 Å². The molecule has 0 saturated heterocycles. The van der Waals surface area contributed by atoms with Crippen LogP contribution in [-0.4, -0.2) is 0 Å². The van der Waals surface area contributed by atoms with Gasteiger partial charge in [0.2, 0.25) is 0 Å². The van der Waals surface area contributed by atoms with Crippen molar-refractivity contribution < 1.29 is 13.5 Å². The fourth-order valence-corrected chi connectivity index (χ4v) is 2.89. The van der Waals surface area contributed by atoms with E-state index in [4.69, 9.17) is 14.4 Å². The molecule has 5 heteroatoms. The summed E-state index contributed by atoms with van der Waals surface area (Å²) in [6.45, 7) is 0. The van der Waals surface area contributed by atoms with Crippen molar-refractivity contribution in [2.75, 3.05) is 0 Å². The Morgan fingerprint density at radius 2 is 1.78 bits per heavy atom. The van der Waals surface area contributed by atoms with E-state index in [1.807, 2.05) is 30.3 Å². The number of benzene rings is 3. The molecule has 0 saturated carbocycles. The first-order valence-electron chi connectivity index (χ1n) is 8.15. The van der Waals surface area contributed by atoms with Crippen molar-refractivity contribution in [2.45, 2.75) is 0 Å². The molecule has 27 heavy (non-hydrogen) atoms. The molecule has 0 aliphatic rings. The van der Waals surface area contributed by atoms with Gasteiger partial charge in [-0.1, -0.05) is 36.4 Å². The summed E-state index contributed by atoms with van der Waals surface area (Å²) < 4.78 is 24.7. The summed E-state index contributed by atoms with van der Waals surface area (Å²) in [6.07, 6.45) is 0. The second-order valence-corrected chi connectivity index (χ2v) is 5.83. The Hall–Kier alpha value is -3.91. The summed E-state index contributed by atoms with van der Waals surface area (Å²) in [5.41, 5.74) is 1.31. The maximum Gasteiger partial charge on any atom is 0.336 e. The third-order valence-electron chi connectivity index (χ3n) is 4.12. The van der Waals surface area contributed by atoms with E-state index in [1.54, 1.807) is 24.3 Å². The molecule has 4 rings (SSSR count). The molecule has 1 aromatic heterocycles. The Morgan fingerprint density at radius 1 is 0.963 bits per heavy atom. The van der Waals surface area contributed by atoms with Crippen LogP contribution in [0.2, 0.25) is 0 Å². The summed E-state index contributed by atoms with van der Waals surface area (Å²) in [6, 6.07) is 21.9. The van der Waals surface area contributed by atoms with Crippen LogP contribution in [0.25, 0.3) is 22.1 Å². The minimum Gasteiger partial charge on any atom is -0.456 e. The summed E-state index contributed by atoms with van der Waals surface area (Å²) >= 11 is 0. The maximum absolute atomic E-state index is 13.7. The molecule has 4 aromatic rings. The van der Waals surface area contributed by atoms with E-state index in [0.717, 1.165) is 16.5 Å². The highest BCUT2D eigenvalue weighted by molar-refractivity contribution is 5.93. The Kier molecular flexibility index (Phi) is 4.15. The van der Waals surface area contributed by atoms with Crippen LogP contribution in [0.1, 0.15) is 5.56 Å². The first-order valence-corrected chi connectivity index (χ1v) is 8.15. The minimum atomic E-state index is -0.659. The van der Waals surface area contributed by atoms with Crippen LogP contribution in [0.3, 0.4) is 0 Å². The first kappa shape index (κ1) is 16.6. The van der Waals surface area contributed by atoms with Crippen LogP contribution in [0.15, 0.2) is 82.0 Å². The average molecular weight is 357 g/mol. The third kappa shape index (κ3) is 3.16. The lowest BCUT2D eigenvalue weighted by Crippen LogP contribution is -1.98. The number of hydrogen-bond acceptors (Lipinski definition) is 4. The highest BCUT2D eigenvalue weighted by Gasteiger charge is 2.12. The van der Waals surface area contributed by atoms with Crippen molar-refractivity contribution in [1.82, 2.24) is 0 Å². The number of nitrogens with zero attached hydrogens (tertiary/aromatic N) is 1. The first-order chi connectivity index (χ1) is 13.2. The highest BCUT2D eigenvalue weighted by atomic mass is 19.1. The van der Waals surface area contributed by atoms with E-state index in [9.17, 15) is 9.18 Å². The molecule has 0 atom stereocenters. The molecular formula is C22H12FNO3. The molecule has 0 bridgehead atoms. The molecule has 0 N–H and O–H groups in total. The molecule has 130 valence electrons. The van der Waals surface area contributed by atoms with Crippen molar-refractivity contribution in [3.63, 3.8) is 0 Å². The fourth-order valence-electron chi connectivity index (χ4n) is 2.89. The normalized spacial score (nSPS) is 10.5. The van der Waals surface area contributed by atoms with Gasteiger partial charge in [-0.15, -0.1) is 0 Å². The Balaban J connectivity index is 1.82. The van der Waals surface area contributed by atoms with Crippen LogP contribution < -0.4 is 10.4 Å². The number of halogens is 1. The number of nitriles is 1. The van der Waals surface area contributed by atoms with Crippen molar-refractivity contribution in [3.05, 3.63) is 94.6 Å². The quantitative estimate of drug-likeness (QED) is 0.469. The second kappa shape index (κ2) is 6.77. The van der Waals surface area contributed by atoms with Gasteiger partial charge in [-0.25, -0.2) is 9.18 Å². The smallest absolute Gasteiger partial charge is 0.336 e. The predicted molar refractivity (Wildman–Crippen MR) is 99.1 cm³/mol. The van der Waals surface area contributed by atoms with Crippen LogP contribution in [0.4, 0.5) is 4.39 Å². The standard InChI is InChI=1S/C22H12FNO3/c23-19-7-4-8-20(18(19)13-24)26-15-9-10-16-17(14-5-2-1-3-6-14)12-22(25)27-21(16)11-15/h1-12H. The van der Waals surface area contributed by atoms with Gasteiger partial charge < -0.3 is 9.15 Å². The largest absolute Gasteiger partial charge is 0.456 e. The average Bonchev–Trinajstić information content (AvgIpc) is 2.68. The van der Waals surface area contributed by atoms with Gasteiger partial charge in [0, 0.05) is 17.5 Å². The molecule has 0 aliphatic carbocycles. The zero-order valence-electron chi connectivity index (χ0n) is 14.0. The molecular weight excluding hydrogens is 345 g/mol. The predicted octanol–water partition coefficient (Wildman–Crippen LogP) is 5.26. The van der Waals surface area contributed by atoms with E-state index in [1.165, 1.54) is 24.3 Å². The highest BCUT2D eigenvalue weighted by Crippen LogP contribution is 2.32. The van der Waals surface area contributed by atoms with E-state index in [2.05, 4.69) is 0 Å². The van der Waals surface area contributed by atoms with E-state index < -0.39 is 11.4 Å². The molecule has 1 heterocycles. The lowest BCUT2D eigenvalue weighted by molar-refractivity contribution is 0.472. The third-order valence-corrected chi connectivity index (χ3v) is 4.12. The van der Waals surface area contributed by atoms with Gasteiger partial charge >= 0.3 is 5.63 Å². The molecule has 0 fully saturated rings. The molecule has 0 unspecified atom stereocenters. The number of ether oxygens (including phenoxy) is 1. The van der Waals surface area contributed by atoms with E-state index >= 15 is 0 Å². The fraction of sp³-hybridized carbons (Fsp3) is 0. The van der Waals surface area contributed by atoms with Crippen LogP contribution in [0, 0.1) is 17.1 Å². The van der Waals surface area contributed by atoms with Gasteiger partial charge in [0.25, 0.3) is 0 Å². The topological polar surface area (TPSA) is 63.2 Å². The Morgan fingerprint density at radius 3 is 2.56 bits per heavy atom. The van der Waals surface area contributed by atoms with E-state index in [0.29, 0.717) is 11.3 Å². The number of fused-ring (bicyclic) bond motifs is 1. The van der Waals surface area contributed by atoms with Crippen LogP contribution >= 0.6 is 0 Å². The summed E-state index contributed by atoms with van der Waals surface area (Å²) in [5.74, 6) is -0.231. The van der Waals surface area contributed by atoms with Gasteiger partial charge in [0.15, 0.2) is 0 Å². The number of hydrogen-bond donors (Lipinski definition) is 0. The second-order valence-electron chi connectivity index (χ2n) is 5.83. The van der Waals surface area contributed by atoms with Crippen molar-refractivity contribution in [3.8, 4) is 28.7 Å². The zero-order chi connectivity index (χ0) is 18.8. The zero-order valence-corrected chi connectivity index (χ0v) is 14.0. The molecule has 3 aromatic carbocycles. The summed E-state index contributed by atoms with van der Waals surface area (Å²) in [4.78, 5) is 12.0. The van der Waals surface area contributed by atoms with Gasteiger partial charge in [-0.3, -0.25) is 0 Å². The van der Waals surface area contributed by atoms with Crippen LogP contribution in [-0.2, 0) is 0 Å². The molecule has 0 spiro atoms. The molecule has 0 amide bonds. The monoisotopic (exact) mass is 357 g/mol. The SMILES string of the molecule is N#Cc1c(F)cccc1Oc1ccc2c(-c3ccccc3)cc(=O)oc2c1. The van der Waals surface area contributed by atoms with Crippen molar-refractivity contribution in [1.29, 1.82) is 5.26 Å². The summed E-state index contributed by atoms with van der Waals surface area (Å²) in [5, 5.41) is 9.86. The maximum atomic E-state index is 13.7. The summed E-state index contributed by atoms with van der Waals surface area (Å²) in [7, 11) is 0. The molecule has 4 nitrogen and oxygen atoms in total. The van der Waals surface area contributed by atoms with Gasteiger partial charge in [-0.2, -0.15) is 5.26 Å².